The van der Waals surface area contributed by atoms with Crippen molar-refractivity contribution in [2.45, 2.75) is 12.5 Å². The molecule has 86 valence electrons. The highest BCUT2D eigenvalue weighted by atomic mass is 16.6. The topological polar surface area (TPSA) is 47.6 Å². The van der Waals surface area contributed by atoms with Crippen LogP contribution in [-0.2, 0) is 20.7 Å². The lowest BCUT2D eigenvalue weighted by Gasteiger charge is -2.10. The third-order valence-electron chi connectivity index (χ3n) is 2.59. The third kappa shape index (κ3) is 2.33. The monoisotopic (exact) mass is 221 g/mol. The summed E-state index contributed by atoms with van der Waals surface area (Å²) in [7, 11) is 1.58. The Kier molecular flexibility index (Phi) is 3.41. The molecule has 0 saturated heterocycles. The maximum absolute atomic E-state index is 11.6. The summed E-state index contributed by atoms with van der Waals surface area (Å²) < 4.78 is 9.89. The summed E-state index contributed by atoms with van der Waals surface area (Å²) in [6, 6.07) is 7.65. The largest absolute Gasteiger partial charge is 0.462 e. The summed E-state index contributed by atoms with van der Waals surface area (Å²) in [6.45, 7) is 0.745. The predicted octanol–water partition coefficient (Wildman–Crippen LogP) is 1.21. The number of rotatable bonds is 4. The van der Waals surface area contributed by atoms with E-state index in [-0.39, 0.29) is 12.0 Å². The van der Waals surface area contributed by atoms with Crippen LogP contribution in [0.1, 0.15) is 5.56 Å². The van der Waals surface area contributed by atoms with Gasteiger partial charge in [-0.3, -0.25) is 0 Å². The number of para-hydroxylation sites is 1. The van der Waals surface area contributed by atoms with Crippen LogP contribution in [0.3, 0.4) is 0 Å². The number of carbonyl (C=O) groups is 1. The van der Waals surface area contributed by atoms with E-state index in [0.29, 0.717) is 19.6 Å². The minimum absolute atomic E-state index is 0.215. The molecule has 0 spiro atoms. The first-order valence-electron chi connectivity index (χ1n) is 5.31. The maximum atomic E-state index is 11.6. The SMILES string of the molecule is COCCOC(=O)C1Cc2ccccc2N1. The number of esters is 1. The third-order valence-corrected chi connectivity index (χ3v) is 2.59. The fourth-order valence-electron chi connectivity index (χ4n) is 1.77. The zero-order valence-electron chi connectivity index (χ0n) is 9.23. The molecule has 0 aliphatic carbocycles. The Labute approximate surface area is 94.6 Å². The van der Waals surface area contributed by atoms with Crippen LogP contribution in [0.2, 0.25) is 0 Å². The molecule has 1 aromatic rings. The number of benzene rings is 1. The number of anilines is 1. The summed E-state index contributed by atoms with van der Waals surface area (Å²) in [5.74, 6) is -0.215. The van der Waals surface area contributed by atoms with Gasteiger partial charge in [0, 0.05) is 19.2 Å². The van der Waals surface area contributed by atoms with Crippen LogP contribution < -0.4 is 5.32 Å². The van der Waals surface area contributed by atoms with Crippen molar-refractivity contribution < 1.29 is 14.3 Å². The fraction of sp³-hybridized carbons (Fsp3) is 0.417. The molecular formula is C12H15NO3. The first-order valence-corrected chi connectivity index (χ1v) is 5.31. The Morgan fingerprint density at radius 2 is 2.25 bits per heavy atom. The number of nitrogens with one attached hydrogen (secondary N) is 1. The summed E-state index contributed by atoms with van der Waals surface area (Å²) in [5.41, 5.74) is 2.19. The molecule has 1 N–H and O–H groups in total. The molecule has 1 aliphatic heterocycles. The maximum Gasteiger partial charge on any atom is 0.328 e. The Bertz CT molecular complexity index is 353. The summed E-state index contributed by atoms with van der Waals surface area (Å²) in [4.78, 5) is 11.6. The highest BCUT2D eigenvalue weighted by Gasteiger charge is 2.27. The molecule has 1 aliphatic rings. The van der Waals surface area contributed by atoms with Gasteiger partial charge in [0.1, 0.15) is 12.6 Å². The van der Waals surface area contributed by atoms with Crippen molar-refractivity contribution in [3.8, 4) is 0 Å². The lowest BCUT2D eigenvalue weighted by atomic mass is 10.1. The van der Waals surface area contributed by atoms with E-state index < -0.39 is 0 Å². The fourth-order valence-corrected chi connectivity index (χ4v) is 1.77. The lowest BCUT2D eigenvalue weighted by molar-refractivity contribution is -0.145. The molecule has 1 aromatic carbocycles. The molecule has 4 heteroatoms. The van der Waals surface area contributed by atoms with E-state index in [2.05, 4.69) is 5.32 Å². The van der Waals surface area contributed by atoms with E-state index >= 15 is 0 Å². The van der Waals surface area contributed by atoms with Gasteiger partial charge in [-0.15, -0.1) is 0 Å². The zero-order valence-corrected chi connectivity index (χ0v) is 9.23. The van der Waals surface area contributed by atoms with Gasteiger partial charge in [-0.25, -0.2) is 4.79 Å². The molecule has 2 rings (SSSR count). The van der Waals surface area contributed by atoms with Crippen LogP contribution in [-0.4, -0.2) is 32.3 Å². The van der Waals surface area contributed by atoms with Crippen LogP contribution in [0.5, 0.6) is 0 Å². The van der Waals surface area contributed by atoms with Gasteiger partial charge in [0.25, 0.3) is 0 Å². The van der Waals surface area contributed by atoms with E-state index in [1.807, 2.05) is 24.3 Å². The second-order valence-electron chi connectivity index (χ2n) is 3.72. The van der Waals surface area contributed by atoms with Crippen molar-refractivity contribution in [1.29, 1.82) is 0 Å². The van der Waals surface area contributed by atoms with Crippen LogP contribution in [0, 0.1) is 0 Å². The zero-order chi connectivity index (χ0) is 11.4. The molecule has 4 nitrogen and oxygen atoms in total. The van der Waals surface area contributed by atoms with Crippen molar-refractivity contribution in [3.63, 3.8) is 0 Å². The minimum Gasteiger partial charge on any atom is -0.462 e. The van der Waals surface area contributed by atoms with Crippen molar-refractivity contribution in [3.05, 3.63) is 29.8 Å². The average Bonchev–Trinajstić information content (AvgIpc) is 2.73. The number of fused-ring (bicyclic) bond motifs is 1. The van der Waals surface area contributed by atoms with Gasteiger partial charge in [0.2, 0.25) is 0 Å². The lowest BCUT2D eigenvalue weighted by Crippen LogP contribution is -2.29. The highest BCUT2D eigenvalue weighted by Crippen LogP contribution is 2.25. The van der Waals surface area contributed by atoms with Gasteiger partial charge in [0.05, 0.1) is 6.61 Å². The summed E-state index contributed by atoms with van der Waals surface area (Å²) in [6.07, 6.45) is 0.696. The summed E-state index contributed by atoms with van der Waals surface area (Å²) in [5, 5.41) is 3.15. The molecule has 1 heterocycles. The minimum atomic E-state index is -0.255. The molecular weight excluding hydrogens is 206 g/mol. The molecule has 16 heavy (non-hydrogen) atoms. The van der Waals surface area contributed by atoms with E-state index in [4.69, 9.17) is 9.47 Å². The Morgan fingerprint density at radius 3 is 3.00 bits per heavy atom. The first kappa shape index (κ1) is 11.0. The Morgan fingerprint density at radius 1 is 1.44 bits per heavy atom. The molecule has 0 fully saturated rings. The molecule has 0 aromatic heterocycles. The first-order chi connectivity index (χ1) is 7.81. The molecule has 0 radical (unpaired) electrons. The standard InChI is InChI=1S/C12H15NO3/c1-15-6-7-16-12(14)11-8-9-4-2-3-5-10(9)13-11/h2-5,11,13H,6-8H2,1H3. The summed E-state index contributed by atoms with van der Waals surface area (Å²) >= 11 is 0. The predicted molar refractivity (Wildman–Crippen MR) is 60.4 cm³/mol. The Hall–Kier alpha value is -1.55. The highest BCUT2D eigenvalue weighted by molar-refractivity contribution is 5.82. The molecule has 0 saturated carbocycles. The van der Waals surface area contributed by atoms with Gasteiger partial charge in [-0.2, -0.15) is 0 Å². The van der Waals surface area contributed by atoms with E-state index in [9.17, 15) is 4.79 Å². The van der Waals surface area contributed by atoms with Crippen molar-refractivity contribution >= 4 is 11.7 Å². The second kappa shape index (κ2) is 4.99. The number of methoxy groups -OCH3 is 1. The van der Waals surface area contributed by atoms with Crippen molar-refractivity contribution in [2.75, 3.05) is 25.6 Å². The van der Waals surface area contributed by atoms with Crippen molar-refractivity contribution in [2.24, 2.45) is 0 Å². The van der Waals surface area contributed by atoms with Crippen molar-refractivity contribution in [1.82, 2.24) is 0 Å². The van der Waals surface area contributed by atoms with Gasteiger partial charge in [-0.05, 0) is 11.6 Å². The van der Waals surface area contributed by atoms with Crippen LogP contribution in [0.15, 0.2) is 24.3 Å². The van der Waals surface area contributed by atoms with Crippen LogP contribution >= 0.6 is 0 Å². The van der Waals surface area contributed by atoms with E-state index in [1.54, 1.807) is 7.11 Å². The molecule has 0 bridgehead atoms. The number of hydrogen-bond donors (Lipinski definition) is 1. The number of carbonyl (C=O) groups excluding carboxylic acids is 1. The van der Waals surface area contributed by atoms with E-state index in [1.165, 1.54) is 0 Å². The smallest absolute Gasteiger partial charge is 0.328 e. The molecule has 1 unspecified atom stereocenters. The molecule has 1 atom stereocenters. The number of hydrogen-bond acceptors (Lipinski definition) is 4. The molecule has 0 amide bonds. The van der Waals surface area contributed by atoms with E-state index in [0.717, 1.165) is 11.3 Å². The van der Waals surface area contributed by atoms with Gasteiger partial charge >= 0.3 is 5.97 Å². The van der Waals surface area contributed by atoms with Crippen LogP contribution in [0.4, 0.5) is 5.69 Å². The normalized spacial score (nSPS) is 17.7. The van der Waals surface area contributed by atoms with Gasteiger partial charge in [0.15, 0.2) is 0 Å². The van der Waals surface area contributed by atoms with Crippen LogP contribution in [0.25, 0.3) is 0 Å². The average molecular weight is 221 g/mol. The second-order valence-corrected chi connectivity index (χ2v) is 3.72. The quantitative estimate of drug-likeness (QED) is 0.613. The van der Waals surface area contributed by atoms with Gasteiger partial charge < -0.3 is 14.8 Å². The Balaban J connectivity index is 1.88. The van der Waals surface area contributed by atoms with Gasteiger partial charge in [-0.1, -0.05) is 18.2 Å². The number of ether oxygens (including phenoxy) is 2.